The Morgan fingerprint density at radius 1 is 1.28 bits per heavy atom. The lowest BCUT2D eigenvalue weighted by atomic mass is 9.95. The van der Waals surface area contributed by atoms with E-state index in [9.17, 15) is 19.1 Å². The number of pyridine rings is 2. The number of carbonyl (C=O) groups excluding carboxylic acids is 1. The molecule has 1 aliphatic heterocycles. The number of aliphatic hydroxyl groups is 1. The second-order valence-corrected chi connectivity index (χ2v) is 7.65. The number of rotatable bonds is 6. The topological polar surface area (TPSA) is 81.4 Å². The summed E-state index contributed by atoms with van der Waals surface area (Å²) in [5, 5.41) is 11.1. The fourth-order valence-electron chi connectivity index (χ4n) is 4.26. The van der Waals surface area contributed by atoms with E-state index >= 15 is 0 Å². The van der Waals surface area contributed by atoms with E-state index in [1.165, 1.54) is 13.2 Å². The van der Waals surface area contributed by atoms with Crippen molar-refractivity contribution in [3.63, 3.8) is 0 Å². The first-order valence-electron chi connectivity index (χ1n) is 10.9. The van der Waals surface area contributed by atoms with Crippen LogP contribution in [0.15, 0.2) is 23.0 Å². The molecule has 0 aliphatic carbocycles. The van der Waals surface area contributed by atoms with E-state index in [4.69, 9.17) is 4.74 Å². The molecule has 0 amide bonds. The highest BCUT2D eigenvalue weighted by Gasteiger charge is 2.29. The molecule has 7 heteroatoms. The standard InChI is InChI=1S/C23H23FN2O4.C2H6/c1-4-5-13-14-6-12(2)18(24)8-19(14)25-22-16(13)9-26-20(22)7-15(21(28)10-27)17(11-30-3)23(26)29;1-2/h6-8,10,21,28H,4-5,9,11H2,1-3H3;1-2H3. The minimum atomic E-state index is -1.44. The Labute approximate surface area is 186 Å². The largest absolute Gasteiger partial charge is 0.381 e. The molecular formula is C25H29FN2O4. The summed E-state index contributed by atoms with van der Waals surface area (Å²) in [6.07, 6.45) is 0.602. The van der Waals surface area contributed by atoms with Gasteiger partial charge in [0.15, 0.2) is 6.29 Å². The predicted molar refractivity (Wildman–Crippen MR) is 122 cm³/mol. The zero-order chi connectivity index (χ0) is 23.6. The van der Waals surface area contributed by atoms with Gasteiger partial charge in [-0.1, -0.05) is 27.2 Å². The van der Waals surface area contributed by atoms with E-state index in [2.05, 4.69) is 11.9 Å². The molecule has 6 nitrogen and oxygen atoms in total. The highest BCUT2D eigenvalue weighted by molar-refractivity contribution is 5.88. The number of aliphatic hydroxyl groups excluding tert-OH is 1. The Morgan fingerprint density at radius 2 is 2.00 bits per heavy atom. The third-order valence-electron chi connectivity index (χ3n) is 5.71. The van der Waals surface area contributed by atoms with E-state index in [1.807, 2.05) is 19.9 Å². The highest BCUT2D eigenvalue weighted by Crippen LogP contribution is 2.37. The van der Waals surface area contributed by atoms with Crippen LogP contribution in [0.3, 0.4) is 0 Å². The summed E-state index contributed by atoms with van der Waals surface area (Å²) in [5.74, 6) is -0.333. The monoisotopic (exact) mass is 440 g/mol. The maximum Gasteiger partial charge on any atom is 0.257 e. The van der Waals surface area contributed by atoms with Gasteiger partial charge in [-0.15, -0.1) is 0 Å². The lowest BCUT2D eigenvalue weighted by molar-refractivity contribution is -0.115. The van der Waals surface area contributed by atoms with Gasteiger partial charge in [0.25, 0.3) is 5.56 Å². The van der Waals surface area contributed by atoms with E-state index in [0.29, 0.717) is 35.3 Å². The van der Waals surface area contributed by atoms with Crippen LogP contribution < -0.4 is 5.56 Å². The summed E-state index contributed by atoms with van der Waals surface area (Å²) in [6.45, 7) is 8.11. The lowest BCUT2D eigenvalue weighted by Crippen LogP contribution is -2.26. The first kappa shape index (κ1) is 23.8. The summed E-state index contributed by atoms with van der Waals surface area (Å²) in [4.78, 5) is 29.1. The first-order chi connectivity index (χ1) is 15.4. The maximum atomic E-state index is 14.3. The zero-order valence-electron chi connectivity index (χ0n) is 19.2. The molecule has 0 spiro atoms. The Balaban J connectivity index is 0.00000141. The molecule has 2 aromatic heterocycles. The summed E-state index contributed by atoms with van der Waals surface area (Å²) >= 11 is 0. The number of hydrogen-bond donors (Lipinski definition) is 1. The molecule has 1 unspecified atom stereocenters. The number of hydrogen-bond acceptors (Lipinski definition) is 5. The van der Waals surface area contributed by atoms with Crippen LogP contribution in [0.2, 0.25) is 0 Å². The van der Waals surface area contributed by atoms with Gasteiger partial charge in [0, 0.05) is 35.3 Å². The number of methoxy groups -OCH3 is 1. The highest BCUT2D eigenvalue weighted by atomic mass is 19.1. The van der Waals surface area contributed by atoms with Crippen LogP contribution in [0.4, 0.5) is 4.39 Å². The predicted octanol–water partition coefficient (Wildman–Crippen LogP) is 4.23. The minimum absolute atomic E-state index is 0.0165. The van der Waals surface area contributed by atoms with Gasteiger partial charge in [0.1, 0.15) is 11.9 Å². The van der Waals surface area contributed by atoms with Crippen molar-refractivity contribution >= 4 is 17.2 Å². The average molecular weight is 441 g/mol. The van der Waals surface area contributed by atoms with Crippen LogP contribution in [0.1, 0.15) is 61.1 Å². The smallest absolute Gasteiger partial charge is 0.257 e. The second kappa shape index (κ2) is 9.71. The average Bonchev–Trinajstić information content (AvgIpc) is 3.16. The number of benzene rings is 1. The van der Waals surface area contributed by atoms with Crippen molar-refractivity contribution in [3.05, 3.63) is 62.2 Å². The van der Waals surface area contributed by atoms with Crippen LogP contribution in [0.5, 0.6) is 0 Å². The summed E-state index contributed by atoms with van der Waals surface area (Å²) < 4.78 is 21.0. The number of nitrogens with zero attached hydrogens (tertiary/aromatic N) is 2. The number of carbonyl (C=O) groups is 1. The zero-order valence-corrected chi connectivity index (χ0v) is 19.2. The molecule has 1 aliphatic rings. The number of aryl methyl sites for hydroxylation is 2. The number of halogens is 1. The van der Waals surface area contributed by atoms with Crippen molar-refractivity contribution in [2.75, 3.05) is 7.11 Å². The lowest BCUT2D eigenvalue weighted by Gasteiger charge is -2.14. The van der Waals surface area contributed by atoms with Crippen LogP contribution >= 0.6 is 0 Å². The van der Waals surface area contributed by atoms with Gasteiger partial charge in [-0.2, -0.15) is 0 Å². The normalized spacial score (nSPS) is 12.7. The molecule has 1 atom stereocenters. The molecule has 0 fully saturated rings. The number of aldehydes is 1. The van der Waals surface area contributed by atoms with E-state index in [1.54, 1.807) is 17.6 Å². The van der Waals surface area contributed by atoms with E-state index < -0.39 is 6.10 Å². The van der Waals surface area contributed by atoms with Gasteiger partial charge in [-0.25, -0.2) is 9.37 Å². The van der Waals surface area contributed by atoms with Crippen molar-refractivity contribution in [1.29, 1.82) is 0 Å². The summed E-state index contributed by atoms with van der Waals surface area (Å²) in [5.41, 5.74) is 4.30. The van der Waals surface area contributed by atoms with Crippen molar-refractivity contribution in [2.24, 2.45) is 0 Å². The quantitative estimate of drug-likeness (QED) is 0.454. The Bertz CT molecular complexity index is 1230. The van der Waals surface area contributed by atoms with Gasteiger partial charge in [-0.05, 0) is 36.6 Å². The van der Waals surface area contributed by atoms with Crippen molar-refractivity contribution in [2.45, 2.75) is 59.8 Å². The third kappa shape index (κ3) is 3.87. The summed E-state index contributed by atoms with van der Waals surface area (Å²) in [7, 11) is 1.45. The van der Waals surface area contributed by atoms with Crippen molar-refractivity contribution in [3.8, 4) is 11.4 Å². The van der Waals surface area contributed by atoms with Gasteiger partial charge in [0.2, 0.25) is 0 Å². The second-order valence-electron chi connectivity index (χ2n) is 7.65. The molecule has 0 bridgehead atoms. The number of aromatic nitrogens is 2. The fourth-order valence-corrected chi connectivity index (χ4v) is 4.26. The molecule has 4 rings (SSSR count). The fraction of sp³-hybridized carbons (Fsp3) is 0.400. The molecule has 32 heavy (non-hydrogen) atoms. The molecular weight excluding hydrogens is 411 g/mol. The molecule has 0 saturated heterocycles. The van der Waals surface area contributed by atoms with Crippen LogP contribution in [0.25, 0.3) is 22.3 Å². The van der Waals surface area contributed by atoms with Gasteiger partial charge < -0.3 is 19.2 Å². The Morgan fingerprint density at radius 3 is 2.62 bits per heavy atom. The van der Waals surface area contributed by atoms with Crippen molar-refractivity contribution < 1.29 is 19.0 Å². The van der Waals surface area contributed by atoms with Crippen LogP contribution in [-0.2, 0) is 29.1 Å². The molecule has 1 N–H and O–H groups in total. The first-order valence-corrected chi connectivity index (χ1v) is 10.9. The molecule has 3 aromatic rings. The minimum Gasteiger partial charge on any atom is -0.381 e. The van der Waals surface area contributed by atoms with Crippen molar-refractivity contribution in [1.82, 2.24) is 9.55 Å². The van der Waals surface area contributed by atoms with Gasteiger partial charge in [-0.3, -0.25) is 4.79 Å². The van der Waals surface area contributed by atoms with Gasteiger partial charge >= 0.3 is 0 Å². The Kier molecular flexibility index (Phi) is 7.21. The Hall–Kier alpha value is -2.90. The molecule has 170 valence electrons. The SMILES string of the molecule is CC.CCCc1c2c(nc3cc(F)c(C)cc13)-c1cc(C(O)C=O)c(COC)c(=O)n1C2. The summed E-state index contributed by atoms with van der Waals surface area (Å²) in [6, 6.07) is 4.86. The van der Waals surface area contributed by atoms with Gasteiger partial charge in [0.05, 0.1) is 30.1 Å². The molecule has 1 aromatic carbocycles. The van der Waals surface area contributed by atoms with E-state index in [0.717, 1.165) is 29.4 Å². The number of fused-ring (bicyclic) bond motifs is 4. The molecule has 0 saturated carbocycles. The number of ether oxygens (including phenoxy) is 1. The van der Waals surface area contributed by atoms with Crippen LogP contribution in [-0.4, -0.2) is 28.1 Å². The maximum absolute atomic E-state index is 14.3. The van der Waals surface area contributed by atoms with Crippen LogP contribution in [0, 0.1) is 12.7 Å². The molecule has 3 heterocycles. The van der Waals surface area contributed by atoms with E-state index in [-0.39, 0.29) is 29.1 Å². The third-order valence-corrected chi connectivity index (χ3v) is 5.71. The molecule has 0 radical (unpaired) electrons.